The maximum atomic E-state index is 4.64. The van der Waals surface area contributed by atoms with Crippen molar-refractivity contribution in [2.24, 2.45) is 0 Å². The van der Waals surface area contributed by atoms with Gasteiger partial charge in [-0.3, -0.25) is 0 Å². The topological polar surface area (TPSA) is 3.24 Å². The first-order chi connectivity index (χ1) is 4.15. The molecule has 0 aliphatic rings. The predicted molar refractivity (Wildman–Crippen MR) is 57.6 cm³/mol. The summed E-state index contributed by atoms with van der Waals surface area (Å²) in [6.45, 7) is 11.6. The lowest BCUT2D eigenvalue weighted by atomic mass is 11.6. The van der Waals surface area contributed by atoms with E-state index in [1.54, 1.807) is 0 Å². The summed E-state index contributed by atoms with van der Waals surface area (Å²) in [6, 6.07) is 0. The smallest absolute Gasteiger partial charge is 0.174 e. The van der Waals surface area contributed by atoms with Crippen LogP contribution >= 0.6 is 12.1 Å². The van der Waals surface area contributed by atoms with E-state index in [-0.39, 0.29) is 0 Å². The van der Waals surface area contributed by atoms with Crippen molar-refractivity contribution in [3.8, 4) is 0 Å². The lowest BCUT2D eigenvalue weighted by Crippen LogP contribution is -2.55. The quantitative estimate of drug-likeness (QED) is 0.521. The van der Waals surface area contributed by atoms with Crippen molar-refractivity contribution < 1.29 is 0 Å². The Morgan fingerprint density at radius 1 is 1.00 bits per heavy atom. The van der Waals surface area contributed by atoms with Gasteiger partial charge >= 0.3 is 0 Å². The highest BCUT2D eigenvalue weighted by Crippen LogP contribution is 2.19. The fourth-order valence-electron chi connectivity index (χ4n) is 0.821. The first-order valence-electron chi connectivity index (χ1n) is 3.62. The molecule has 0 atom stereocenters. The zero-order chi connectivity index (χ0) is 8.58. The van der Waals surface area contributed by atoms with E-state index in [9.17, 15) is 0 Å². The molecule has 0 spiro atoms. The molecule has 0 aromatic heterocycles. The van der Waals surface area contributed by atoms with Crippen LogP contribution in [0, 0.1) is 0 Å². The minimum atomic E-state index is -1.31. The van der Waals surface area contributed by atoms with Crippen molar-refractivity contribution >= 4 is 27.7 Å². The number of rotatable bonds is 2. The Hall–Kier alpha value is 0.744. The summed E-state index contributed by atoms with van der Waals surface area (Å²) in [4.78, 5) is 0. The van der Waals surface area contributed by atoms with E-state index in [0.717, 1.165) is 0 Å². The van der Waals surface area contributed by atoms with Crippen LogP contribution in [0.2, 0.25) is 32.7 Å². The average Bonchev–Trinajstić information content (AvgIpc) is 1.59. The molecule has 0 rings (SSSR count). The van der Waals surface area contributed by atoms with Gasteiger partial charge in [-0.25, -0.2) is 0 Å². The van der Waals surface area contributed by atoms with Gasteiger partial charge in [-0.05, 0) is 20.1 Å². The predicted octanol–water partition coefficient (Wildman–Crippen LogP) is 2.38. The maximum absolute atomic E-state index is 4.64. The molecule has 0 aliphatic carbocycles. The molecule has 10 heavy (non-hydrogen) atoms. The summed E-state index contributed by atoms with van der Waals surface area (Å²) in [5.41, 5.74) is 0. The van der Waals surface area contributed by atoms with Crippen LogP contribution in [0.25, 0.3) is 0 Å². The molecule has 0 heterocycles. The maximum Gasteiger partial charge on any atom is 0.174 e. The molecule has 0 aliphatic heterocycles. The van der Waals surface area contributed by atoms with Crippen molar-refractivity contribution in [3.63, 3.8) is 0 Å². The normalized spacial score (nSPS) is 14.4. The first kappa shape index (κ1) is 10.7. The lowest BCUT2D eigenvalue weighted by Gasteiger charge is -2.39. The van der Waals surface area contributed by atoms with Gasteiger partial charge in [0, 0.05) is 0 Å². The summed E-state index contributed by atoms with van der Waals surface area (Å²) in [6.07, 6.45) is 0. The van der Waals surface area contributed by atoms with Crippen LogP contribution in [0.15, 0.2) is 0 Å². The fraction of sp³-hybridized carbons (Fsp3) is 1.00. The molecule has 0 aromatic carbocycles. The minimum Gasteiger partial charge on any atom is -0.341 e. The SMILES string of the molecule is CN([Si](C)(C)C)[Si](C)(C)S. The molecule has 4 heteroatoms. The van der Waals surface area contributed by atoms with Crippen molar-refractivity contribution in [1.29, 1.82) is 0 Å². The van der Waals surface area contributed by atoms with Crippen LogP contribution in [0.4, 0.5) is 0 Å². The van der Waals surface area contributed by atoms with Gasteiger partial charge in [0.2, 0.25) is 0 Å². The Balaban J connectivity index is 4.23. The Kier molecular flexibility index (Phi) is 3.23. The molecule has 0 amide bonds. The number of hydrogen-bond donors (Lipinski definition) is 1. The summed E-state index contributed by atoms with van der Waals surface area (Å²) >= 11 is 4.64. The number of thiol groups is 1. The van der Waals surface area contributed by atoms with Crippen LogP contribution in [0.3, 0.4) is 0 Å². The van der Waals surface area contributed by atoms with E-state index >= 15 is 0 Å². The van der Waals surface area contributed by atoms with E-state index in [1.165, 1.54) is 0 Å². The molecule has 62 valence electrons. The van der Waals surface area contributed by atoms with E-state index in [0.29, 0.717) is 0 Å². The van der Waals surface area contributed by atoms with Crippen molar-refractivity contribution in [2.45, 2.75) is 32.7 Å². The molecule has 0 fully saturated rings. The summed E-state index contributed by atoms with van der Waals surface area (Å²) < 4.78 is 2.52. The van der Waals surface area contributed by atoms with Crippen molar-refractivity contribution in [3.05, 3.63) is 0 Å². The van der Waals surface area contributed by atoms with Crippen LogP contribution < -0.4 is 0 Å². The third-order valence-corrected chi connectivity index (χ3v) is 10.6. The Bertz CT molecular complexity index is 99.9. The monoisotopic (exact) mass is 193 g/mol. The first-order valence-corrected chi connectivity index (χ1v) is 11.3. The highest BCUT2D eigenvalue weighted by Gasteiger charge is 2.31. The molecule has 0 saturated carbocycles. The van der Waals surface area contributed by atoms with Crippen molar-refractivity contribution in [2.75, 3.05) is 7.05 Å². The highest BCUT2D eigenvalue weighted by molar-refractivity contribution is 8.14. The average molecular weight is 193 g/mol. The van der Waals surface area contributed by atoms with Crippen LogP contribution in [-0.2, 0) is 0 Å². The second-order valence-electron chi connectivity index (χ2n) is 4.22. The van der Waals surface area contributed by atoms with E-state index < -0.39 is 15.6 Å². The largest absolute Gasteiger partial charge is 0.341 e. The van der Waals surface area contributed by atoms with Gasteiger partial charge < -0.3 is 4.23 Å². The number of hydrogen-bond acceptors (Lipinski definition) is 2. The van der Waals surface area contributed by atoms with Gasteiger partial charge in [-0.1, -0.05) is 19.6 Å². The molecular formula is C6H19NSSi2. The van der Waals surface area contributed by atoms with E-state index in [1.807, 2.05) is 0 Å². The molecule has 0 aromatic rings. The van der Waals surface area contributed by atoms with Gasteiger partial charge in [0.25, 0.3) is 0 Å². The van der Waals surface area contributed by atoms with Crippen LogP contribution in [0.5, 0.6) is 0 Å². The molecular weight excluding hydrogens is 174 g/mol. The zero-order valence-electron chi connectivity index (χ0n) is 7.89. The molecule has 1 nitrogen and oxygen atoms in total. The van der Waals surface area contributed by atoms with E-state index in [4.69, 9.17) is 0 Å². The zero-order valence-corrected chi connectivity index (χ0v) is 10.8. The minimum absolute atomic E-state index is 1.08. The Labute approximate surface area is 72.0 Å². The Morgan fingerprint density at radius 2 is 1.30 bits per heavy atom. The van der Waals surface area contributed by atoms with Gasteiger partial charge in [0.05, 0.1) is 0 Å². The second-order valence-corrected chi connectivity index (χ2v) is 16.6. The lowest BCUT2D eigenvalue weighted by molar-refractivity contribution is 0.777. The second kappa shape index (κ2) is 3.01. The van der Waals surface area contributed by atoms with Gasteiger partial charge in [-0.15, -0.1) is 0 Å². The van der Waals surface area contributed by atoms with Crippen molar-refractivity contribution in [1.82, 2.24) is 4.23 Å². The molecule has 0 saturated heterocycles. The summed E-state index contributed by atoms with van der Waals surface area (Å²) in [5.74, 6) is 0. The third-order valence-electron chi connectivity index (χ3n) is 1.83. The third kappa shape index (κ3) is 3.23. The fourth-order valence-corrected chi connectivity index (χ4v) is 10.1. The molecule has 0 radical (unpaired) electrons. The standard InChI is InChI=1S/C6H19NSSi2/c1-7(9(2,3)4)10(5,6)8/h8H,1-6H3. The van der Waals surface area contributed by atoms with Gasteiger partial charge in [-0.2, -0.15) is 12.1 Å². The van der Waals surface area contributed by atoms with Crippen LogP contribution in [-0.4, -0.2) is 26.9 Å². The highest BCUT2D eigenvalue weighted by atomic mass is 32.3. The molecule has 0 bridgehead atoms. The Morgan fingerprint density at radius 3 is 1.30 bits per heavy atom. The molecule has 0 N–H and O–H groups in total. The number of nitrogens with zero attached hydrogens (tertiary/aromatic N) is 1. The summed E-state index contributed by atoms with van der Waals surface area (Å²) in [7, 11) is -0.170. The molecule has 0 unspecified atom stereocenters. The summed E-state index contributed by atoms with van der Waals surface area (Å²) in [5, 5.41) is 0. The van der Waals surface area contributed by atoms with Crippen LogP contribution in [0.1, 0.15) is 0 Å². The van der Waals surface area contributed by atoms with Gasteiger partial charge in [0.1, 0.15) is 8.24 Å². The van der Waals surface area contributed by atoms with Gasteiger partial charge in [0.15, 0.2) is 7.38 Å². The van der Waals surface area contributed by atoms with E-state index in [2.05, 4.69) is 56.1 Å².